The van der Waals surface area contributed by atoms with Crippen molar-refractivity contribution in [2.45, 2.75) is 24.9 Å². The maximum absolute atomic E-state index is 11.2. The molecular formula is C17H23N3O4. The van der Waals surface area contributed by atoms with E-state index in [9.17, 15) is 9.90 Å². The van der Waals surface area contributed by atoms with Crippen molar-refractivity contribution in [2.75, 3.05) is 44.4 Å². The Morgan fingerprint density at radius 3 is 2.75 bits per heavy atom. The van der Waals surface area contributed by atoms with E-state index in [2.05, 4.69) is 21.2 Å². The number of nitrogens with one attached hydrogen (secondary N) is 1. The van der Waals surface area contributed by atoms with Gasteiger partial charge in [-0.1, -0.05) is 0 Å². The summed E-state index contributed by atoms with van der Waals surface area (Å²) in [6.45, 7) is 4.54. The number of anilines is 1. The average molecular weight is 333 g/mol. The first kappa shape index (κ1) is 15.5. The van der Waals surface area contributed by atoms with Gasteiger partial charge < -0.3 is 24.8 Å². The van der Waals surface area contributed by atoms with E-state index in [0.717, 1.165) is 50.5 Å². The van der Waals surface area contributed by atoms with Crippen LogP contribution in [-0.4, -0.2) is 67.6 Å². The van der Waals surface area contributed by atoms with Gasteiger partial charge in [-0.2, -0.15) is 0 Å². The molecule has 2 N–H and O–H groups in total. The van der Waals surface area contributed by atoms with Crippen LogP contribution >= 0.6 is 0 Å². The molecule has 0 bridgehead atoms. The second-order valence-electron chi connectivity index (χ2n) is 6.60. The highest BCUT2D eigenvalue weighted by Crippen LogP contribution is 2.36. The highest BCUT2D eigenvalue weighted by atomic mass is 16.7. The van der Waals surface area contributed by atoms with Crippen LogP contribution in [0.4, 0.5) is 5.69 Å². The van der Waals surface area contributed by atoms with Crippen LogP contribution in [0.15, 0.2) is 18.2 Å². The van der Waals surface area contributed by atoms with Crippen molar-refractivity contribution in [1.82, 2.24) is 10.2 Å². The number of piperidine rings is 1. The summed E-state index contributed by atoms with van der Waals surface area (Å²) >= 11 is 0. The molecule has 0 radical (unpaired) electrons. The number of hydrogen-bond donors (Lipinski definition) is 2. The minimum absolute atomic E-state index is 0.300. The zero-order valence-electron chi connectivity index (χ0n) is 13.6. The molecule has 0 unspecified atom stereocenters. The lowest BCUT2D eigenvalue weighted by atomic mass is 10.0. The van der Waals surface area contributed by atoms with Gasteiger partial charge in [-0.3, -0.25) is 9.69 Å². The van der Waals surface area contributed by atoms with E-state index < -0.39 is 12.0 Å². The largest absolute Gasteiger partial charge is 0.480 e. The summed E-state index contributed by atoms with van der Waals surface area (Å²) in [5, 5.41) is 12.3. The zero-order chi connectivity index (χ0) is 16.5. The van der Waals surface area contributed by atoms with Crippen LogP contribution < -0.4 is 19.7 Å². The third kappa shape index (κ3) is 3.01. The van der Waals surface area contributed by atoms with Crippen LogP contribution in [0, 0.1) is 0 Å². The van der Waals surface area contributed by atoms with Crippen molar-refractivity contribution in [2.24, 2.45) is 0 Å². The number of fused-ring (bicyclic) bond motifs is 1. The average Bonchev–Trinajstić information content (AvgIpc) is 3.09. The fraction of sp³-hybridized carbons (Fsp3) is 0.588. The number of hydrogen-bond acceptors (Lipinski definition) is 6. The molecule has 1 atom stereocenters. The topological polar surface area (TPSA) is 74.3 Å². The Kier molecular flexibility index (Phi) is 4.20. The first-order valence-corrected chi connectivity index (χ1v) is 8.55. The van der Waals surface area contributed by atoms with E-state index in [1.54, 1.807) is 0 Å². The molecule has 2 fully saturated rings. The molecule has 1 aromatic carbocycles. The van der Waals surface area contributed by atoms with E-state index in [1.807, 2.05) is 12.1 Å². The van der Waals surface area contributed by atoms with Crippen molar-refractivity contribution in [1.29, 1.82) is 0 Å². The van der Waals surface area contributed by atoms with Crippen molar-refractivity contribution in [3.05, 3.63) is 18.2 Å². The van der Waals surface area contributed by atoms with E-state index in [-0.39, 0.29) is 0 Å². The second-order valence-corrected chi connectivity index (χ2v) is 6.60. The van der Waals surface area contributed by atoms with Gasteiger partial charge in [0, 0.05) is 50.5 Å². The SMILES string of the molecule is O=C(O)[C@@H]1CN(C2CCN(c3ccc4c(c3)OCO4)CC2)CCN1. The van der Waals surface area contributed by atoms with Gasteiger partial charge in [-0.15, -0.1) is 0 Å². The van der Waals surface area contributed by atoms with Crippen LogP contribution in [0.5, 0.6) is 11.5 Å². The first-order chi connectivity index (χ1) is 11.7. The monoisotopic (exact) mass is 333 g/mol. The number of carbonyl (C=O) groups is 1. The molecule has 130 valence electrons. The predicted molar refractivity (Wildman–Crippen MR) is 88.8 cm³/mol. The van der Waals surface area contributed by atoms with Crippen LogP contribution in [0.2, 0.25) is 0 Å². The lowest BCUT2D eigenvalue weighted by Gasteiger charge is -2.42. The van der Waals surface area contributed by atoms with Gasteiger partial charge in [0.25, 0.3) is 0 Å². The number of nitrogens with zero attached hydrogens (tertiary/aromatic N) is 2. The molecule has 24 heavy (non-hydrogen) atoms. The molecule has 1 aromatic rings. The summed E-state index contributed by atoms with van der Waals surface area (Å²) < 4.78 is 10.8. The maximum Gasteiger partial charge on any atom is 0.322 e. The first-order valence-electron chi connectivity index (χ1n) is 8.55. The van der Waals surface area contributed by atoms with Gasteiger partial charge >= 0.3 is 5.97 Å². The molecule has 0 aromatic heterocycles. The molecule has 2 saturated heterocycles. The van der Waals surface area contributed by atoms with Gasteiger partial charge in [0.1, 0.15) is 6.04 Å². The number of carboxylic acids is 1. The Bertz CT molecular complexity index is 616. The number of ether oxygens (including phenoxy) is 2. The molecule has 3 aliphatic rings. The quantitative estimate of drug-likeness (QED) is 0.845. The van der Waals surface area contributed by atoms with Crippen molar-refractivity contribution < 1.29 is 19.4 Å². The maximum atomic E-state index is 11.2. The van der Waals surface area contributed by atoms with Crippen LogP contribution in [0.1, 0.15) is 12.8 Å². The number of aliphatic carboxylic acids is 1. The molecule has 3 heterocycles. The molecule has 7 nitrogen and oxygen atoms in total. The van der Waals surface area contributed by atoms with E-state index in [1.165, 1.54) is 5.69 Å². The third-order valence-electron chi connectivity index (χ3n) is 5.21. The Morgan fingerprint density at radius 1 is 1.17 bits per heavy atom. The fourth-order valence-corrected chi connectivity index (χ4v) is 3.84. The normalized spacial score (nSPS) is 25.0. The van der Waals surface area contributed by atoms with Gasteiger partial charge in [-0.25, -0.2) is 0 Å². The minimum atomic E-state index is -0.752. The highest BCUT2D eigenvalue weighted by Gasteiger charge is 2.31. The fourth-order valence-electron chi connectivity index (χ4n) is 3.84. The second kappa shape index (κ2) is 6.49. The Balaban J connectivity index is 1.36. The van der Waals surface area contributed by atoms with Crippen molar-refractivity contribution in [3.63, 3.8) is 0 Å². The standard InChI is InChI=1S/C17H23N3O4/c21-17(22)14-10-20(8-5-18-14)12-3-6-19(7-4-12)13-1-2-15-16(9-13)24-11-23-15/h1-2,9,12,14,18H,3-8,10-11H2,(H,21,22)/t14-/m0/s1. The van der Waals surface area contributed by atoms with Gasteiger partial charge in [0.2, 0.25) is 6.79 Å². The van der Waals surface area contributed by atoms with Crippen molar-refractivity contribution in [3.8, 4) is 11.5 Å². The zero-order valence-corrected chi connectivity index (χ0v) is 13.6. The molecule has 0 amide bonds. The molecule has 3 aliphatic heterocycles. The number of carboxylic acid groups (broad SMARTS) is 1. The Morgan fingerprint density at radius 2 is 1.96 bits per heavy atom. The predicted octanol–water partition coefficient (Wildman–Crippen LogP) is 0.742. The van der Waals surface area contributed by atoms with Crippen LogP contribution in [0.3, 0.4) is 0 Å². The number of benzene rings is 1. The van der Waals surface area contributed by atoms with Gasteiger partial charge in [-0.05, 0) is 25.0 Å². The highest BCUT2D eigenvalue weighted by molar-refractivity contribution is 5.73. The van der Waals surface area contributed by atoms with Crippen molar-refractivity contribution >= 4 is 11.7 Å². The summed E-state index contributed by atoms with van der Waals surface area (Å²) in [4.78, 5) is 15.9. The summed E-state index contributed by atoms with van der Waals surface area (Å²) in [5.74, 6) is 0.882. The lowest BCUT2D eigenvalue weighted by molar-refractivity contribution is -0.141. The molecule has 4 rings (SSSR count). The molecular weight excluding hydrogens is 310 g/mol. The summed E-state index contributed by atoms with van der Waals surface area (Å²) in [7, 11) is 0. The van der Waals surface area contributed by atoms with Crippen LogP contribution in [0.25, 0.3) is 0 Å². The van der Waals surface area contributed by atoms with E-state index in [4.69, 9.17) is 9.47 Å². The summed E-state index contributed by atoms with van der Waals surface area (Å²) in [5.41, 5.74) is 1.17. The number of piperazine rings is 1. The lowest BCUT2D eigenvalue weighted by Crippen LogP contribution is -2.58. The Hall–Kier alpha value is -1.99. The summed E-state index contributed by atoms with van der Waals surface area (Å²) in [6, 6.07) is 6.13. The molecule has 0 spiro atoms. The van der Waals surface area contributed by atoms with Gasteiger partial charge in [0.05, 0.1) is 0 Å². The van der Waals surface area contributed by atoms with E-state index in [0.29, 0.717) is 19.4 Å². The van der Waals surface area contributed by atoms with Crippen LogP contribution in [-0.2, 0) is 4.79 Å². The smallest absolute Gasteiger partial charge is 0.322 e. The Labute approximate surface area is 141 Å². The number of rotatable bonds is 3. The molecule has 0 saturated carbocycles. The molecule has 7 heteroatoms. The van der Waals surface area contributed by atoms with E-state index >= 15 is 0 Å². The summed E-state index contributed by atoms with van der Waals surface area (Å²) in [6.07, 6.45) is 2.11. The third-order valence-corrected chi connectivity index (χ3v) is 5.21. The molecule has 0 aliphatic carbocycles. The van der Waals surface area contributed by atoms with Gasteiger partial charge in [0.15, 0.2) is 11.5 Å². The minimum Gasteiger partial charge on any atom is -0.480 e.